The lowest BCUT2D eigenvalue weighted by molar-refractivity contribution is -0.127. The van der Waals surface area contributed by atoms with E-state index in [-0.39, 0.29) is 12.3 Å². The summed E-state index contributed by atoms with van der Waals surface area (Å²) in [7, 11) is 0. The minimum absolute atomic E-state index is 0.0514. The number of anilines is 1. The van der Waals surface area contributed by atoms with E-state index >= 15 is 0 Å². The van der Waals surface area contributed by atoms with Gasteiger partial charge in [-0.05, 0) is 50.5 Å². The Morgan fingerprint density at radius 3 is 2.73 bits per heavy atom. The lowest BCUT2D eigenvalue weighted by Gasteiger charge is -2.14. The Kier molecular flexibility index (Phi) is 6.62. The molecule has 5 rings (SSSR count). The second-order valence-electron chi connectivity index (χ2n) is 8.38. The molecule has 4 aromatic rings. The highest BCUT2D eigenvalue weighted by molar-refractivity contribution is 6.31. The van der Waals surface area contributed by atoms with Crippen molar-refractivity contribution in [3.63, 3.8) is 0 Å². The Balaban J connectivity index is 0.000000471. The first-order valence-electron chi connectivity index (χ1n) is 10.6. The largest absolute Gasteiger partial charge is 0.383 e. The number of aliphatic hydroxyl groups is 2. The number of hydrogen-bond acceptors (Lipinski definition) is 7. The van der Waals surface area contributed by atoms with Crippen molar-refractivity contribution in [2.45, 2.75) is 44.8 Å². The first-order chi connectivity index (χ1) is 15.7. The van der Waals surface area contributed by atoms with E-state index in [1.165, 1.54) is 20.2 Å². The normalized spacial score (nSPS) is 18.7. The van der Waals surface area contributed by atoms with Crippen LogP contribution >= 0.6 is 11.6 Å². The summed E-state index contributed by atoms with van der Waals surface area (Å²) >= 11 is 6.00. The van der Waals surface area contributed by atoms with Gasteiger partial charge < -0.3 is 25.3 Å². The van der Waals surface area contributed by atoms with Gasteiger partial charge in [0.2, 0.25) is 0 Å². The Hall–Kier alpha value is -3.04. The maximum Gasteiger partial charge on any atom is 0.156 e. The molecule has 0 unspecified atom stereocenters. The molecule has 1 saturated heterocycles. The van der Waals surface area contributed by atoms with Gasteiger partial charge in [0.1, 0.15) is 24.0 Å². The topological polar surface area (TPSA) is 119 Å². The van der Waals surface area contributed by atoms with Crippen molar-refractivity contribution in [2.75, 3.05) is 5.73 Å². The molecule has 9 heteroatoms. The summed E-state index contributed by atoms with van der Waals surface area (Å²) in [4.78, 5) is 12.8. The van der Waals surface area contributed by atoms with Crippen LogP contribution in [0.5, 0.6) is 0 Å². The fraction of sp³-hybridized carbons (Fsp3) is 0.292. The van der Waals surface area contributed by atoms with Gasteiger partial charge in [-0.1, -0.05) is 35.9 Å². The maximum atomic E-state index is 8.08. The zero-order valence-corrected chi connectivity index (χ0v) is 19.1. The van der Waals surface area contributed by atoms with Crippen molar-refractivity contribution >= 4 is 45.4 Å². The number of rotatable bonds is 3. The van der Waals surface area contributed by atoms with Crippen LogP contribution in [0.15, 0.2) is 55.1 Å². The standard InChI is InChI=1S/C21H18ClN5O.C3H8O2/c22-15-10-14-3-1-13(9-18(14)24-11-15)2-4-16-5-6-19(28-16)27-8-7-17-20(23)25-12-26-21(17)27;1-3(2,4)5/h1-4,7-12,16,19H,5-6H2,(H2,23,25,26);4-5H,1-2H3/b4-2+;/t16-,19-;/m1./s1. The van der Waals surface area contributed by atoms with E-state index in [2.05, 4.69) is 33.2 Å². The monoisotopic (exact) mass is 467 g/mol. The smallest absolute Gasteiger partial charge is 0.156 e. The molecule has 0 spiro atoms. The molecule has 0 bridgehead atoms. The molecular formula is C24H26ClN5O3. The van der Waals surface area contributed by atoms with Crippen molar-refractivity contribution in [2.24, 2.45) is 0 Å². The molecular weight excluding hydrogens is 442 g/mol. The number of pyridine rings is 1. The van der Waals surface area contributed by atoms with Crippen LogP contribution in [0.3, 0.4) is 0 Å². The van der Waals surface area contributed by atoms with E-state index in [4.69, 9.17) is 32.3 Å². The molecule has 3 aromatic heterocycles. The molecule has 172 valence electrons. The SMILES string of the molecule is CC(C)(O)O.Nc1ncnc2c1ccn2[C@H]1CC[C@@H](/C=C/c2ccc3cc(Cl)cnc3c2)O1. The lowest BCUT2D eigenvalue weighted by atomic mass is 10.1. The summed E-state index contributed by atoms with van der Waals surface area (Å²) < 4.78 is 8.25. The summed E-state index contributed by atoms with van der Waals surface area (Å²) in [5, 5.41) is 18.7. The Morgan fingerprint density at radius 2 is 1.94 bits per heavy atom. The molecule has 4 N–H and O–H groups in total. The second kappa shape index (κ2) is 9.44. The number of nitrogens with zero attached hydrogens (tertiary/aromatic N) is 4. The third-order valence-electron chi connectivity index (χ3n) is 5.06. The minimum Gasteiger partial charge on any atom is -0.383 e. The zero-order chi connectivity index (χ0) is 23.6. The third kappa shape index (κ3) is 5.85. The predicted molar refractivity (Wildman–Crippen MR) is 129 cm³/mol. The van der Waals surface area contributed by atoms with Crippen LogP contribution in [0.1, 0.15) is 38.5 Å². The maximum absolute atomic E-state index is 8.08. The Bertz CT molecular complexity index is 1290. The van der Waals surface area contributed by atoms with Crippen molar-refractivity contribution < 1.29 is 14.9 Å². The highest BCUT2D eigenvalue weighted by atomic mass is 35.5. The summed E-state index contributed by atoms with van der Waals surface area (Å²) in [6.45, 7) is 2.60. The predicted octanol–water partition coefficient (Wildman–Crippen LogP) is 4.31. The molecule has 0 amide bonds. The number of halogens is 1. The zero-order valence-electron chi connectivity index (χ0n) is 18.4. The van der Waals surface area contributed by atoms with Crippen LogP contribution in [-0.4, -0.2) is 41.6 Å². The Labute approximate surface area is 196 Å². The molecule has 0 radical (unpaired) electrons. The summed E-state index contributed by atoms with van der Waals surface area (Å²) in [5.41, 5.74) is 8.74. The molecule has 0 saturated carbocycles. The van der Waals surface area contributed by atoms with Gasteiger partial charge in [-0.25, -0.2) is 9.97 Å². The third-order valence-corrected chi connectivity index (χ3v) is 5.27. The lowest BCUT2D eigenvalue weighted by Crippen LogP contribution is -2.15. The van der Waals surface area contributed by atoms with E-state index in [0.29, 0.717) is 10.8 Å². The van der Waals surface area contributed by atoms with Gasteiger partial charge >= 0.3 is 0 Å². The van der Waals surface area contributed by atoms with Gasteiger partial charge in [0, 0.05) is 17.8 Å². The molecule has 4 heterocycles. The first-order valence-corrected chi connectivity index (χ1v) is 11.0. The minimum atomic E-state index is -1.50. The van der Waals surface area contributed by atoms with E-state index in [1.54, 1.807) is 6.20 Å². The van der Waals surface area contributed by atoms with E-state index in [0.717, 1.165) is 40.3 Å². The molecule has 33 heavy (non-hydrogen) atoms. The van der Waals surface area contributed by atoms with Crippen LogP contribution in [0, 0.1) is 0 Å². The van der Waals surface area contributed by atoms with Crippen molar-refractivity contribution in [1.82, 2.24) is 19.5 Å². The molecule has 0 aliphatic carbocycles. The van der Waals surface area contributed by atoms with Crippen LogP contribution in [-0.2, 0) is 4.74 Å². The molecule has 1 aromatic carbocycles. The van der Waals surface area contributed by atoms with Crippen molar-refractivity contribution in [3.05, 3.63) is 65.7 Å². The highest BCUT2D eigenvalue weighted by Crippen LogP contribution is 2.32. The van der Waals surface area contributed by atoms with Gasteiger partial charge in [0.25, 0.3) is 0 Å². The van der Waals surface area contributed by atoms with Gasteiger partial charge in [0.15, 0.2) is 5.79 Å². The fourth-order valence-electron chi connectivity index (χ4n) is 3.65. The molecule has 2 atom stereocenters. The van der Waals surface area contributed by atoms with E-state index < -0.39 is 5.79 Å². The van der Waals surface area contributed by atoms with Crippen LogP contribution < -0.4 is 5.73 Å². The number of benzene rings is 1. The number of aromatic nitrogens is 4. The molecule has 8 nitrogen and oxygen atoms in total. The number of nitrogen functional groups attached to an aromatic ring is 1. The molecule has 1 fully saturated rings. The van der Waals surface area contributed by atoms with E-state index in [9.17, 15) is 0 Å². The number of ether oxygens (including phenoxy) is 1. The fourth-order valence-corrected chi connectivity index (χ4v) is 3.81. The van der Waals surface area contributed by atoms with Crippen LogP contribution in [0.2, 0.25) is 5.02 Å². The van der Waals surface area contributed by atoms with E-state index in [1.807, 2.05) is 35.0 Å². The van der Waals surface area contributed by atoms with Crippen molar-refractivity contribution in [3.8, 4) is 0 Å². The summed E-state index contributed by atoms with van der Waals surface area (Å²) in [6, 6.07) is 9.99. The quantitative estimate of drug-likeness (QED) is 0.384. The van der Waals surface area contributed by atoms with Gasteiger partial charge in [-0.2, -0.15) is 0 Å². The summed E-state index contributed by atoms with van der Waals surface area (Å²) in [5.74, 6) is -1.01. The number of hydrogen-bond donors (Lipinski definition) is 3. The highest BCUT2D eigenvalue weighted by Gasteiger charge is 2.26. The summed E-state index contributed by atoms with van der Waals surface area (Å²) in [6.07, 6.45) is 11.2. The molecule has 1 aliphatic rings. The van der Waals surface area contributed by atoms with Crippen LogP contribution in [0.25, 0.3) is 28.0 Å². The van der Waals surface area contributed by atoms with Gasteiger partial charge in [0.05, 0.1) is 22.0 Å². The van der Waals surface area contributed by atoms with Gasteiger partial charge in [-0.15, -0.1) is 0 Å². The Morgan fingerprint density at radius 1 is 1.15 bits per heavy atom. The second-order valence-corrected chi connectivity index (χ2v) is 8.82. The number of fused-ring (bicyclic) bond motifs is 2. The number of nitrogens with two attached hydrogens (primary N) is 1. The van der Waals surface area contributed by atoms with Gasteiger partial charge in [-0.3, -0.25) is 4.98 Å². The average Bonchev–Trinajstić information content (AvgIpc) is 3.38. The molecule has 1 aliphatic heterocycles. The average molecular weight is 468 g/mol. The first kappa shape index (κ1) is 23.1. The van der Waals surface area contributed by atoms with Crippen molar-refractivity contribution in [1.29, 1.82) is 0 Å². The van der Waals surface area contributed by atoms with Crippen LogP contribution in [0.4, 0.5) is 5.82 Å².